The van der Waals surface area contributed by atoms with Crippen molar-refractivity contribution in [1.82, 2.24) is 45.0 Å². The molecule has 3 aromatic heterocycles. The van der Waals surface area contributed by atoms with Gasteiger partial charge < -0.3 is 29.2 Å². The first kappa shape index (κ1) is 56.5. The minimum Gasteiger partial charge on any atom is -0.459 e. The Morgan fingerprint density at radius 3 is 1.18 bits per heavy atom. The number of rotatable bonds is 13. The summed E-state index contributed by atoms with van der Waals surface area (Å²) in [5, 5.41) is 40.5. The Bertz CT molecular complexity index is 2810. The summed E-state index contributed by atoms with van der Waals surface area (Å²) in [6.45, 7) is 4.06. The van der Waals surface area contributed by atoms with E-state index < -0.39 is 42.6 Å². The van der Waals surface area contributed by atoms with Gasteiger partial charge in [0, 0.05) is 24.6 Å². The van der Waals surface area contributed by atoms with Crippen LogP contribution in [-0.4, -0.2) is 123 Å². The van der Waals surface area contributed by atoms with E-state index in [4.69, 9.17) is 29.2 Å². The number of halogens is 7. The van der Waals surface area contributed by atoms with Gasteiger partial charge in [0.05, 0.1) is 88.1 Å². The number of cyclic esters (lactones) is 3. The third-order valence-electron chi connectivity index (χ3n) is 9.94. The number of anilines is 3. The van der Waals surface area contributed by atoms with E-state index >= 15 is 0 Å². The highest BCUT2D eigenvalue weighted by atomic mass is 127. The Morgan fingerprint density at radius 1 is 0.603 bits per heavy atom. The fraction of sp³-hybridized carbons (Fsp3) is 0.326. The lowest BCUT2D eigenvalue weighted by atomic mass is 10.2. The second kappa shape index (κ2) is 26.4. The minimum absolute atomic E-state index is 0.0356. The fourth-order valence-corrected chi connectivity index (χ4v) is 7.74. The van der Waals surface area contributed by atoms with Gasteiger partial charge in [-0.3, -0.25) is 24.3 Å². The van der Waals surface area contributed by atoms with Crippen molar-refractivity contribution in [2.75, 3.05) is 34.3 Å². The number of aromatic nitrogens is 9. The van der Waals surface area contributed by atoms with E-state index in [9.17, 15) is 37.1 Å². The quantitative estimate of drug-likeness (QED) is 0.0585. The largest absolute Gasteiger partial charge is 0.459 e. The summed E-state index contributed by atoms with van der Waals surface area (Å²) in [4.78, 5) is 60.0. The van der Waals surface area contributed by atoms with Crippen molar-refractivity contribution in [1.29, 1.82) is 0 Å². The lowest BCUT2D eigenvalue weighted by Gasteiger charge is -2.13. The van der Waals surface area contributed by atoms with Crippen molar-refractivity contribution in [2.45, 2.75) is 71.6 Å². The molecule has 23 nitrogen and oxygen atoms in total. The van der Waals surface area contributed by atoms with Gasteiger partial charge >= 0.3 is 24.2 Å². The van der Waals surface area contributed by atoms with Gasteiger partial charge in [0.2, 0.25) is 5.24 Å². The van der Waals surface area contributed by atoms with Crippen LogP contribution in [0.25, 0.3) is 0 Å². The molecule has 6 aromatic rings. The monoisotopic (exact) mass is 1370 g/mol. The molecular formula is C43H41ClF3I3N12O11. The molecule has 3 aliphatic heterocycles. The van der Waals surface area contributed by atoms with Crippen LogP contribution in [-0.2, 0) is 68.0 Å². The van der Waals surface area contributed by atoms with Gasteiger partial charge in [-0.25, -0.2) is 41.6 Å². The molecule has 3 aliphatic rings. The Labute approximate surface area is 458 Å². The zero-order valence-electron chi connectivity index (χ0n) is 38.1. The van der Waals surface area contributed by atoms with Crippen molar-refractivity contribution < 1.29 is 66.3 Å². The normalized spacial score (nSPS) is 16.9. The van der Waals surface area contributed by atoms with E-state index in [0.29, 0.717) is 77.6 Å². The highest BCUT2D eigenvalue weighted by Crippen LogP contribution is 2.28. The molecule has 73 heavy (non-hydrogen) atoms. The van der Waals surface area contributed by atoms with Gasteiger partial charge in [-0.05, 0) is 134 Å². The standard InChI is InChI=1S/C15H14FIN4O4.2C13H12FIN4O3.C2H3ClO/c1-9(22)24-8-10-5-20(19-18-10)6-12-7-21(15(23)25-12)11-2-3-14(17)13(16)4-11;2*14-11-3-9(1-2-12(11)15)19-6-10(22-13(19)21)5-18-4-8(7-20)16-17-18;1-2(3)4/h2-5,12H,6-8H2,1H3;2*1-4,10,20H,5-7H2;1H3/t12-;2*10-;/m000./s1. The van der Waals surface area contributed by atoms with Crippen molar-refractivity contribution >= 4 is 126 Å². The summed E-state index contributed by atoms with van der Waals surface area (Å²) in [6, 6.07) is 13.8. The first-order valence-corrected chi connectivity index (χ1v) is 24.9. The number of benzene rings is 3. The molecule has 30 heteroatoms. The Balaban J connectivity index is 0.000000172. The van der Waals surface area contributed by atoms with Crippen LogP contribution >= 0.6 is 79.4 Å². The number of carbonyl (C=O) groups excluding carboxylic acids is 5. The highest BCUT2D eigenvalue weighted by molar-refractivity contribution is 14.1. The molecule has 3 atom stereocenters. The molecule has 3 aromatic carbocycles. The SMILES string of the molecule is CC(=O)Cl.CC(=O)OCc1cn(C[C@H]2CN(c3ccc(I)c(F)c3)C(=O)O2)nn1.O=C1O[C@@H](Cn2cc(CO)nn2)CN1c1ccc(I)c(F)c1.O=C1O[C@@H](Cn2cc(CO)nn2)CN1c1ccc(I)c(F)c1. The number of aliphatic hydroxyl groups is 2. The molecule has 0 aliphatic carbocycles. The molecule has 0 spiro atoms. The van der Waals surface area contributed by atoms with Gasteiger partial charge in [0.1, 0.15) is 59.5 Å². The molecular weight excluding hydrogens is 1330 g/mol. The van der Waals surface area contributed by atoms with Crippen LogP contribution in [0, 0.1) is 28.2 Å². The van der Waals surface area contributed by atoms with Crippen LogP contribution < -0.4 is 14.7 Å². The van der Waals surface area contributed by atoms with Crippen molar-refractivity contribution in [3.05, 3.63) is 118 Å². The molecule has 0 radical (unpaired) electrons. The third kappa shape index (κ3) is 16.4. The maximum atomic E-state index is 13.7. The lowest BCUT2D eigenvalue weighted by molar-refractivity contribution is -0.142. The molecule has 0 saturated carbocycles. The average Bonchev–Trinajstić information content (AvgIpc) is 4.23. The van der Waals surface area contributed by atoms with Crippen molar-refractivity contribution in [3.8, 4) is 0 Å². The summed E-state index contributed by atoms with van der Waals surface area (Å²) in [5.41, 5.74) is 2.75. The first-order chi connectivity index (χ1) is 34.8. The van der Waals surface area contributed by atoms with E-state index in [1.807, 2.05) is 67.8 Å². The molecule has 3 saturated heterocycles. The van der Waals surface area contributed by atoms with Crippen LogP contribution in [0.3, 0.4) is 0 Å². The maximum Gasteiger partial charge on any atom is 0.414 e. The topological polar surface area (TPSA) is 265 Å². The van der Waals surface area contributed by atoms with E-state index in [2.05, 4.69) is 42.5 Å². The summed E-state index contributed by atoms with van der Waals surface area (Å²) < 4.78 is 67.5. The second-order valence-corrected chi connectivity index (χ2v) is 19.5. The predicted octanol–water partition coefficient (Wildman–Crippen LogP) is 5.96. The molecule has 3 amide bonds. The lowest BCUT2D eigenvalue weighted by Crippen LogP contribution is -2.26. The molecule has 0 bridgehead atoms. The Hall–Kier alpha value is -5.78. The summed E-state index contributed by atoms with van der Waals surface area (Å²) in [7, 11) is 0. The summed E-state index contributed by atoms with van der Waals surface area (Å²) in [6.07, 6.45) is 1.93. The average molecular weight is 1380 g/mol. The van der Waals surface area contributed by atoms with Crippen LogP contribution in [0.2, 0.25) is 0 Å². The van der Waals surface area contributed by atoms with Crippen LogP contribution in [0.5, 0.6) is 0 Å². The molecule has 6 heterocycles. The number of hydrogen-bond donors (Lipinski definition) is 2. The number of carbonyl (C=O) groups is 5. The smallest absolute Gasteiger partial charge is 0.414 e. The first-order valence-electron chi connectivity index (χ1n) is 21.3. The second-order valence-electron chi connectivity index (χ2n) is 15.5. The van der Waals surface area contributed by atoms with Crippen molar-refractivity contribution in [3.63, 3.8) is 0 Å². The maximum absolute atomic E-state index is 13.7. The minimum atomic E-state index is -0.536. The molecule has 2 N–H and O–H groups in total. The van der Waals surface area contributed by atoms with E-state index in [1.54, 1.807) is 55.0 Å². The highest BCUT2D eigenvalue weighted by Gasteiger charge is 2.35. The Morgan fingerprint density at radius 2 is 0.904 bits per heavy atom. The number of amides is 3. The van der Waals surface area contributed by atoms with Gasteiger partial charge in [-0.15, -0.1) is 15.3 Å². The van der Waals surface area contributed by atoms with Gasteiger partial charge in [0.25, 0.3) is 0 Å². The molecule has 388 valence electrons. The molecule has 9 rings (SSSR count). The van der Waals surface area contributed by atoms with Crippen LogP contribution in [0.1, 0.15) is 30.9 Å². The third-order valence-corrected chi connectivity index (χ3v) is 12.6. The van der Waals surface area contributed by atoms with E-state index in [0.717, 1.165) is 0 Å². The number of nitrogens with zero attached hydrogens (tertiary/aromatic N) is 12. The number of esters is 1. The van der Waals surface area contributed by atoms with Crippen LogP contribution in [0.4, 0.5) is 44.6 Å². The fourth-order valence-electron chi connectivity index (χ4n) is 6.74. The summed E-state index contributed by atoms with van der Waals surface area (Å²) in [5.74, 6) is -1.54. The Kier molecular flexibility index (Phi) is 20.5. The number of ether oxygens (including phenoxy) is 4. The zero-order chi connectivity index (χ0) is 52.9. The number of aliphatic hydroxyl groups excluding tert-OH is 2. The van der Waals surface area contributed by atoms with Gasteiger partial charge in [-0.1, -0.05) is 15.6 Å². The van der Waals surface area contributed by atoms with Gasteiger partial charge in [-0.2, -0.15) is 0 Å². The van der Waals surface area contributed by atoms with Crippen molar-refractivity contribution in [2.24, 2.45) is 0 Å². The van der Waals surface area contributed by atoms with E-state index in [-0.39, 0.29) is 49.1 Å². The number of hydrogen-bond acceptors (Lipinski definition) is 17. The van der Waals surface area contributed by atoms with Gasteiger partial charge in [0.15, 0.2) is 0 Å². The van der Waals surface area contributed by atoms with Crippen LogP contribution in [0.15, 0.2) is 73.2 Å². The molecule has 3 fully saturated rings. The summed E-state index contributed by atoms with van der Waals surface area (Å²) >= 11 is 10.3. The van der Waals surface area contributed by atoms with E-state index in [1.165, 1.54) is 60.8 Å². The predicted molar refractivity (Wildman–Crippen MR) is 274 cm³/mol. The molecule has 0 unspecified atom stereocenters. The zero-order valence-corrected chi connectivity index (χ0v) is 45.3.